The van der Waals surface area contributed by atoms with Gasteiger partial charge in [0.05, 0.1) is 12.7 Å². The molecule has 0 spiro atoms. The van der Waals surface area contributed by atoms with E-state index in [0.29, 0.717) is 24.5 Å². The first-order valence-electron chi connectivity index (χ1n) is 8.44. The molecule has 0 radical (unpaired) electrons. The third-order valence-electron chi connectivity index (χ3n) is 4.00. The van der Waals surface area contributed by atoms with Crippen LogP contribution >= 0.6 is 0 Å². The molecule has 3 aromatic rings. The van der Waals surface area contributed by atoms with Crippen molar-refractivity contribution in [2.45, 2.75) is 13.2 Å². The second kappa shape index (κ2) is 8.72. The lowest BCUT2D eigenvalue weighted by atomic mass is 10.1. The molecule has 132 valence electrons. The van der Waals surface area contributed by atoms with E-state index in [0.717, 1.165) is 16.9 Å². The Hall–Kier alpha value is -3.27. The van der Waals surface area contributed by atoms with Gasteiger partial charge in [0.2, 0.25) is 0 Å². The van der Waals surface area contributed by atoms with Crippen LogP contribution in [0.4, 0.5) is 0 Å². The molecule has 0 atom stereocenters. The first-order chi connectivity index (χ1) is 12.8. The third-order valence-corrected chi connectivity index (χ3v) is 4.00. The maximum Gasteiger partial charge on any atom is 0.255 e. The lowest BCUT2D eigenvalue weighted by Crippen LogP contribution is -2.23. The fraction of sp³-hybridized carbons (Fsp3) is 0.136. The lowest BCUT2D eigenvalue weighted by molar-refractivity contribution is 0.0946. The van der Waals surface area contributed by atoms with Crippen molar-refractivity contribution in [3.63, 3.8) is 0 Å². The summed E-state index contributed by atoms with van der Waals surface area (Å²) < 4.78 is 11.2. The number of para-hydroxylation sites is 2. The Morgan fingerprint density at radius 1 is 0.846 bits per heavy atom. The summed E-state index contributed by atoms with van der Waals surface area (Å²) in [5.41, 5.74) is 2.49. The Kier molecular flexibility index (Phi) is 5.88. The molecule has 0 fully saturated rings. The fourth-order valence-electron chi connectivity index (χ4n) is 2.64. The topological polar surface area (TPSA) is 47.6 Å². The molecule has 0 heterocycles. The monoisotopic (exact) mass is 347 g/mol. The predicted molar refractivity (Wildman–Crippen MR) is 101 cm³/mol. The van der Waals surface area contributed by atoms with Gasteiger partial charge >= 0.3 is 0 Å². The molecular formula is C22H21NO3. The van der Waals surface area contributed by atoms with Crippen LogP contribution in [-0.4, -0.2) is 13.0 Å². The van der Waals surface area contributed by atoms with E-state index in [1.54, 1.807) is 19.2 Å². The van der Waals surface area contributed by atoms with Crippen molar-refractivity contribution < 1.29 is 14.3 Å². The van der Waals surface area contributed by atoms with Crippen LogP contribution in [0.25, 0.3) is 0 Å². The molecule has 3 rings (SSSR count). The van der Waals surface area contributed by atoms with Gasteiger partial charge in [0.25, 0.3) is 5.91 Å². The minimum absolute atomic E-state index is 0.181. The zero-order valence-electron chi connectivity index (χ0n) is 14.6. The summed E-state index contributed by atoms with van der Waals surface area (Å²) in [6.07, 6.45) is 0. The molecule has 0 saturated carbocycles. The number of methoxy groups -OCH3 is 1. The third kappa shape index (κ3) is 4.42. The zero-order valence-corrected chi connectivity index (χ0v) is 14.6. The Balaban J connectivity index is 1.67. The van der Waals surface area contributed by atoms with E-state index in [-0.39, 0.29) is 5.91 Å². The Morgan fingerprint density at radius 2 is 1.50 bits per heavy atom. The maximum atomic E-state index is 12.6. The molecule has 4 nitrogen and oxygen atoms in total. The van der Waals surface area contributed by atoms with Crippen molar-refractivity contribution in [1.82, 2.24) is 5.32 Å². The van der Waals surface area contributed by atoms with Crippen molar-refractivity contribution >= 4 is 5.91 Å². The van der Waals surface area contributed by atoms with Crippen LogP contribution in [0.5, 0.6) is 11.5 Å². The first kappa shape index (κ1) is 17.5. The summed E-state index contributed by atoms with van der Waals surface area (Å²) in [6.45, 7) is 0.799. The predicted octanol–water partition coefficient (Wildman–Crippen LogP) is 4.20. The highest BCUT2D eigenvalue weighted by atomic mass is 16.5. The highest BCUT2D eigenvalue weighted by molar-refractivity contribution is 5.96. The minimum Gasteiger partial charge on any atom is -0.496 e. The maximum absolute atomic E-state index is 12.6. The van der Waals surface area contributed by atoms with Crippen LogP contribution in [0.1, 0.15) is 21.5 Å². The molecule has 0 aromatic heterocycles. The van der Waals surface area contributed by atoms with Crippen LogP contribution in [0, 0.1) is 0 Å². The molecule has 0 bridgehead atoms. The van der Waals surface area contributed by atoms with E-state index in [9.17, 15) is 4.79 Å². The summed E-state index contributed by atoms with van der Waals surface area (Å²) in [5, 5.41) is 2.93. The van der Waals surface area contributed by atoms with Gasteiger partial charge in [0, 0.05) is 12.1 Å². The van der Waals surface area contributed by atoms with Gasteiger partial charge in [-0.2, -0.15) is 0 Å². The van der Waals surface area contributed by atoms with Crippen molar-refractivity contribution in [2.75, 3.05) is 7.11 Å². The number of hydrogen-bond acceptors (Lipinski definition) is 3. The van der Waals surface area contributed by atoms with Gasteiger partial charge in [0.15, 0.2) is 0 Å². The number of ether oxygens (including phenoxy) is 2. The van der Waals surface area contributed by atoms with E-state index in [4.69, 9.17) is 9.47 Å². The van der Waals surface area contributed by atoms with Crippen LogP contribution in [0.2, 0.25) is 0 Å². The van der Waals surface area contributed by atoms with E-state index < -0.39 is 0 Å². The van der Waals surface area contributed by atoms with Crippen molar-refractivity contribution in [3.05, 3.63) is 95.6 Å². The molecule has 0 aliphatic carbocycles. The molecule has 4 heteroatoms. The molecular weight excluding hydrogens is 326 g/mol. The van der Waals surface area contributed by atoms with Gasteiger partial charge < -0.3 is 14.8 Å². The highest BCUT2D eigenvalue weighted by Crippen LogP contribution is 2.21. The van der Waals surface area contributed by atoms with E-state index in [2.05, 4.69) is 5.32 Å². The van der Waals surface area contributed by atoms with Crippen LogP contribution in [-0.2, 0) is 13.2 Å². The van der Waals surface area contributed by atoms with Gasteiger partial charge in [-0.05, 0) is 23.8 Å². The minimum atomic E-state index is -0.181. The smallest absolute Gasteiger partial charge is 0.255 e. The normalized spacial score (nSPS) is 10.2. The number of benzene rings is 3. The number of hydrogen-bond donors (Lipinski definition) is 1. The van der Waals surface area contributed by atoms with E-state index in [1.165, 1.54) is 0 Å². The molecule has 0 unspecified atom stereocenters. The Bertz CT molecular complexity index is 862. The summed E-state index contributed by atoms with van der Waals surface area (Å²) in [5.74, 6) is 1.13. The number of nitrogens with one attached hydrogen (secondary N) is 1. The highest BCUT2D eigenvalue weighted by Gasteiger charge is 2.13. The Labute approximate surface area is 153 Å². The second-order valence-corrected chi connectivity index (χ2v) is 5.76. The molecule has 0 aliphatic heterocycles. The van der Waals surface area contributed by atoms with Crippen molar-refractivity contribution in [3.8, 4) is 11.5 Å². The summed E-state index contributed by atoms with van der Waals surface area (Å²) in [4.78, 5) is 12.6. The molecule has 0 aliphatic rings. The van der Waals surface area contributed by atoms with Crippen LogP contribution in [0.15, 0.2) is 78.9 Å². The summed E-state index contributed by atoms with van der Waals surface area (Å²) in [6, 6.07) is 24.7. The number of carbonyl (C=O) groups excluding carboxylic acids is 1. The number of rotatable bonds is 7. The largest absolute Gasteiger partial charge is 0.496 e. The SMILES string of the molecule is COc1ccccc1CNC(=O)c1ccccc1OCc1ccccc1. The molecule has 0 saturated heterocycles. The molecule has 26 heavy (non-hydrogen) atoms. The van der Waals surface area contributed by atoms with Gasteiger partial charge in [-0.15, -0.1) is 0 Å². The van der Waals surface area contributed by atoms with Crippen LogP contribution in [0.3, 0.4) is 0 Å². The van der Waals surface area contributed by atoms with E-state index in [1.807, 2.05) is 66.7 Å². The molecule has 1 amide bonds. The van der Waals surface area contributed by atoms with Crippen LogP contribution < -0.4 is 14.8 Å². The Morgan fingerprint density at radius 3 is 2.27 bits per heavy atom. The molecule has 1 N–H and O–H groups in total. The summed E-state index contributed by atoms with van der Waals surface area (Å²) in [7, 11) is 1.62. The average molecular weight is 347 g/mol. The van der Waals surface area contributed by atoms with Crippen molar-refractivity contribution in [2.24, 2.45) is 0 Å². The second-order valence-electron chi connectivity index (χ2n) is 5.76. The first-order valence-corrected chi connectivity index (χ1v) is 8.44. The number of amides is 1. The van der Waals surface area contributed by atoms with Gasteiger partial charge in [-0.1, -0.05) is 60.7 Å². The van der Waals surface area contributed by atoms with Gasteiger partial charge in [-0.25, -0.2) is 0 Å². The fourth-order valence-corrected chi connectivity index (χ4v) is 2.64. The summed E-state index contributed by atoms with van der Waals surface area (Å²) >= 11 is 0. The average Bonchev–Trinajstić information content (AvgIpc) is 2.71. The lowest BCUT2D eigenvalue weighted by Gasteiger charge is -2.13. The van der Waals surface area contributed by atoms with Gasteiger partial charge in [0.1, 0.15) is 18.1 Å². The van der Waals surface area contributed by atoms with E-state index >= 15 is 0 Å². The quantitative estimate of drug-likeness (QED) is 0.697. The molecule has 3 aromatic carbocycles. The van der Waals surface area contributed by atoms with Crippen molar-refractivity contribution in [1.29, 1.82) is 0 Å². The standard InChI is InChI=1S/C22H21NO3/c1-25-20-13-7-5-11-18(20)15-23-22(24)19-12-6-8-14-21(19)26-16-17-9-3-2-4-10-17/h2-14H,15-16H2,1H3,(H,23,24). The number of carbonyl (C=O) groups is 1. The van der Waals surface area contributed by atoms with Gasteiger partial charge in [-0.3, -0.25) is 4.79 Å². The zero-order chi connectivity index (χ0) is 18.2.